The van der Waals surface area contributed by atoms with Crippen LogP contribution in [0.2, 0.25) is 5.02 Å². The third kappa shape index (κ3) is 3.63. The number of aryl methyl sites for hydroxylation is 2. The van der Waals surface area contributed by atoms with E-state index in [-0.39, 0.29) is 11.4 Å². The Balaban J connectivity index is 1.53. The lowest BCUT2D eigenvalue weighted by molar-refractivity contribution is -0.114. The minimum absolute atomic E-state index is 0.0173. The lowest BCUT2D eigenvalue weighted by Gasteiger charge is -2.20. The minimum Gasteiger partial charge on any atom is -0.316 e. The summed E-state index contributed by atoms with van der Waals surface area (Å²) in [6, 6.07) is 17.5. The number of rotatable bonds is 3. The molecule has 1 aromatic heterocycles. The summed E-state index contributed by atoms with van der Waals surface area (Å²) in [6.07, 6.45) is 1.71. The van der Waals surface area contributed by atoms with Gasteiger partial charge in [-0.3, -0.25) is 10.2 Å². The number of amidine groups is 2. The van der Waals surface area contributed by atoms with Gasteiger partial charge in [0.2, 0.25) is 5.17 Å². The second-order valence-electron chi connectivity index (χ2n) is 7.85. The van der Waals surface area contributed by atoms with Crippen LogP contribution in [0.15, 0.2) is 70.3 Å². The van der Waals surface area contributed by atoms with Gasteiger partial charge in [-0.1, -0.05) is 48.0 Å². The normalized spacial score (nSPS) is 16.8. The van der Waals surface area contributed by atoms with E-state index in [1.54, 1.807) is 6.08 Å². The number of aliphatic imine (C=N–C) groups is 1. The molecule has 0 saturated carbocycles. The number of thioether (sulfide) groups is 1. The molecular formula is C25H20ClN5OS. The van der Waals surface area contributed by atoms with Crippen molar-refractivity contribution < 1.29 is 4.79 Å². The zero-order valence-corrected chi connectivity index (χ0v) is 19.8. The molecule has 0 fully saturated rings. The van der Waals surface area contributed by atoms with Crippen LogP contribution in [0.1, 0.15) is 28.1 Å². The lowest BCUT2D eigenvalue weighted by atomic mass is 10.1. The molecule has 0 radical (unpaired) electrons. The number of carbonyl (C=O) groups is 1. The van der Waals surface area contributed by atoms with Crippen molar-refractivity contribution in [1.82, 2.24) is 9.58 Å². The summed E-state index contributed by atoms with van der Waals surface area (Å²) in [5.41, 5.74) is 5.83. The SMILES string of the molecule is Cc1ccccc1C1=NN2C(=N)/C(=C\c3cc(C)n(-c4ccccc4Cl)c3C)C(=O)N=C2S1. The summed E-state index contributed by atoms with van der Waals surface area (Å²) in [5, 5.41) is 16.5. The molecular weight excluding hydrogens is 454 g/mol. The number of aromatic nitrogens is 1. The summed E-state index contributed by atoms with van der Waals surface area (Å²) in [5.74, 6) is -0.425. The predicted octanol–water partition coefficient (Wildman–Crippen LogP) is 5.72. The Kier molecular flexibility index (Phi) is 5.31. The maximum absolute atomic E-state index is 12.9. The number of amides is 1. The molecule has 0 atom stereocenters. The topological polar surface area (TPSA) is 73.8 Å². The van der Waals surface area contributed by atoms with E-state index in [0.29, 0.717) is 10.2 Å². The molecule has 2 aliphatic rings. The molecule has 6 nitrogen and oxygen atoms in total. The van der Waals surface area contributed by atoms with Crippen LogP contribution in [0.5, 0.6) is 0 Å². The van der Waals surface area contributed by atoms with Gasteiger partial charge in [-0.15, -0.1) is 0 Å². The number of nitrogens with one attached hydrogen (secondary N) is 1. The van der Waals surface area contributed by atoms with Gasteiger partial charge in [0.25, 0.3) is 5.91 Å². The number of para-hydroxylation sites is 1. The maximum Gasteiger partial charge on any atom is 0.283 e. The number of fused-ring (bicyclic) bond motifs is 1. The smallest absolute Gasteiger partial charge is 0.283 e. The number of benzene rings is 2. The largest absolute Gasteiger partial charge is 0.316 e. The Morgan fingerprint density at radius 1 is 1.06 bits per heavy atom. The van der Waals surface area contributed by atoms with E-state index in [0.717, 1.165) is 38.8 Å². The zero-order chi connectivity index (χ0) is 23.3. The predicted molar refractivity (Wildman–Crippen MR) is 136 cm³/mol. The molecule has 1 N–H and O–H groups in total. The number of hydrogen-bond donors (Lipinski definition) is 1. The number of halogens is 1. The lowest BCUT2D eigenvalue weighted by Crippen LogP contribution is -2.35. The molecule has 2 aromatic carbocycles. The Labute approximate surface area is 200 Å². The molecule has 0 unspecified atom stereocenters. The van der Waals surface area contributed by atoms with E-state index in [4.69, 9.17) is 17.0 Å². The van der Waals surface area contributed by atoms with E-state index in [1.165, 1.54) is 16.8 Å². The molecule has 3 aromatic rings. The Bertz CT molecular complexity index is 1430. The number of carbonyl (C=O) groups excluding carboxylic acids is 1. The second-order valence-corrected chi connectivity index (χ2v) is 9.22. The molecule has 33 heavy (non-hydrogen) atoms. The Hall–Kier alpha value is -3.42. The Morgan fingerprint density at radius 3 is 2.55 bits per heavy atom. The van der Waals surface area contributed by atoms with Crippen LogP contribution in [0, 0.1) is 26.2 Å². The fourth-order valence-corrected chi connectivity index (χ4v) is 5.21. The third-order valence-electron chi connectivity index (χ3n) is 5.69. The fourth-order valence-electron chi connectivity index (χ4n) is 4.01. The van der Waals surface area contributed by atoms with Gasteiger partial charge in [-0.2, -0.15) is 15.1 Å². The standard InChI is InChI=1S/C25H20ClN5OS/c1-14-8-4-5-9-18(14)24-29-31-22(27)19(23(32)28-25(31)33-24)13-17-12-15(2)30(16(17)3)21-11-7-6-10-20(21)26/h4-13,27H,1-3H3/b19-13+,27-22?. The van der Waals surface area contributed by atoms with Crippen LogP contribution in [0.25, 0.3) is 11.8 Å². The van der Waals surface area contributed by atoms with Crippen molar-refractivity contribution in [3.05, 3.63) is 93.3 Å². The number of hydrazone groups is 1. The highest BCUT2D eigenvalue weighted by Crippen LogP contribution is 2.33. The van der Waals surface area contributed by atoms with Crippen molar-refractivity contribution in [2.24, 2.45) is 10.1 Å². The Morgan fingerprint density at radius 2 is 1.79 bits per heavy atom. The van der Waals surface area contributed by atoms with Gasteiger partial charge in [0.1, 0.15) is 5.04 Å². The molecule has 8 heteroatoms. The van der Waals surface area contributed by atoms with Crippen molar-refractivity contribution in [3.8, 4) is 5.69 Å². The van der Waals surface area contributed by atoms with Crippen LogP contribution in [-0.4, -0.2) is 31.5 Å². The van der Waals surface area contributed by atoms with Crippen molar-refractivity contribution in [1.29, 1.82) is 5.41 Å². The average Bonchev–Trinajstić information content (AvgIpc) is 3.32. The molecule has 0 spiro atoms. The average molecular weight is 474 g/mol. The first-order valence-electron chi connectivity index (χ1n) is 10.3. The summed E-state index contributed by atoms with van der Waals surface area (Å²) >= 11 is 7.72. The number of hydrogen-bond acceptors (Lipinski definition) is 4. The fraction of sp³-hybridized carbons (Fsp3) is 0.120. The highest BCUT2D eigenvalue weighted by atomic mass is 35.5. The van der Waals surface area contributed by atoms with E-state index in [1.807, 2.05) is 79.9 Å². The van der Waals surface area contributed by atoms with Crippen molar-refractivity contribution in [3.63, 3.8) is 0 Å². The van der Waals surface area contributed by atoms with E-state index in [2.05, 4.69) is 10.1 Å². The second kappa shape index (κ2) is 8.17. The molecule has 164 valence electrons. The monoisotopic (exact) mass is 473 g/mol. The highest BCUT2D eigenvalue weighted by molar-refractivity contribution is 8.27. The van der Waals surface area contributed by atoms with Crippen molar-refractivity contribution in [2.75, 3.05) is 0 Å². The van der Waals surface area contributed by atoms with Gasteiger partial charge < -0.3 is 4.57 Å². The van der Waals surface area contributed by atoms with Crippen molar-refractivity contribution in [2.45, 2.75) is 20.8 Å². The summed E-state index contributed by atoms with van der Waals surface area (Å²) in [7, 11) is 0. The number of nitrogens with zero attached hydrogens (tertiary/aromatic N) is 4. The first-order chi connectivity index (χ1) is 15.8. The quantitative estimate of drug-likeness (QED) is 0.494. The van der Waals surface area contributed by atoms with Crippen molar-refractivity contribution >= 4 is 51.4 Å². The third-order valence-corrected chi connectivity index (χ3v) is 6.95. The summed E-state index contributed by atoms with van der Waals surface area (Å²) < 4.78 is 2.04. The molecule has 2 aliphatic heterocycles. The van der Waals surface area contributed by atoms with E-state index < -0.39 is 5.91 Å². The van der Waals surface area contributed by atoms with E-state index >= 15 is 0 Å². The molecule has 0 saturated heterocycles. The van der Waals surface area contributed by atoms with Crippen LogP contribution in [-0.2, 0) is 4.79 Å². The van der Waals surface area contributed by atoms with Gasteiger partial charge in [-0.25, -0.2) is 0 Å². The van der Waals surface area contributed by atoms with Gasteiger partial charge in [-0.05, 0) is 67.9 Å². The highest BCUT2D eigenvalue weighted by Gasteiger charge is 2.36. The minimum atomic E-state index is -0.442. The first kappa shape index (κ1) is 21.4. The maximum atomic E-state index is 12.9. The van der Waals surface area contributed by atoms with E-state index in [9.17, 15) is 4.79 Å². The van der Waals surface area contributed by atoms with Crippen LogP contribution < -0.4 is 0 Å². The van der Waals surface area contributed by atoms with Gasteiger partial charge in [0.05, 0.1) is 16.3 Å². The first-order valence-corrected chi connectivity index (χ1v) is 11.5. The van der Waals surface area contributed by atoms with Crippen LogP contribution in [0.4, 0.5) is 0 Å². The zero-order valence-electron chi connectivity index (χ0n) is 18.3. The van der Waals surface area contributed by atoms with Crippen LogP contribution >= 0.6 is 23.4 Å². The van der Waals surface area contributed by atoms with Gasteiger partial charge in [0.15, 0.2) is 5.84 Å². The molecule has 5 rings (SSSR count). The molecule has 0 aliphatic carbocycles. The molecule has 3 heterocycles. The van der Waals surface area contributed by atoms with Crippen LogP contribution in [0.3, 0.4) is 0 Å². The van der Waals surface area contributed by atoms with Gasteiger partial charge in [0, 0.05) is 17.0 Å². The van der Waals surface area contributed by atoms with Gasteiger partial charge >= 0.3 is 0 Å². The molecule has 1 amide bonds. The summed E-state index contributed by atoms with van der Waals surface area (Å²) in [4.78, 5) is 17.1. The molecule has 0 bridgehead atoms. The summed E-state index contributed by atoms with van der Waals surface area (Å²) in [6.45, 7) is 5.96.